The highest BCUT2D eigenvalue weighted by Crippen LogP contribution is 1.92. The van der Waals surface area contributed by atoms with Gasteiger partial charge >= 0.3 is 5.97 Å². The van der Waals surface area contributed by atoms with Crippen LogP contribution in [0, 0.1) is 12.3 Å². The third-order valence-corrected chi connectivity index (χ3v) is 3.91. The van der Waals surface area contributed by atoms with Gasteiger partial charge in [0.15, 0.2) is 0 Å². The van der Waals surface area contributed by atoms with Crippen LogP contribution < -0.4 is 10.6 Å². The van der Waals surface area contributed by atoms with Crippen LogP contribution in [0.5, 0.6) is 0 Å². The molecule has 3 N–H and O–H groups in total. The van der Waals surface area contributed by atoms with E-state index in [4.69, 9.17) is 35.2 Å². The van der Waals surface area contributed by atoms with Crippen LogP contribution in [0.1, 0.15) is 32.1 Å². The highest BCUT2D eigenvalue weighted by molar-refractivity contribution is 5.76. The van der Waals surface area contributed by atoms with E-state index in [1.165, 1.54) is 0 Å². The Morgan fingerprint density at radius 1 is 0.636 bits per heavy atom. The largest absolute Gasteiger partial charge is 0.481 e. The lowest BCUT2D eigenvalue weighted by atomic mass is 10.2. The Hall–Kier alpha value is -2.23. The van der Waals surface area contributed by atoms with Crippen molar-refractivity contribution in [3.63, 3.8) is 0 Å². The minimum absolute atomic E-state index is 0.0268. The summed E-state index contributed by atoms with van der Waals surface area (Å²) in [5.41, 5.74) is 0. The lowest BCUT2D eigenvalue weighted by molar-refractivity contribution is -0.138. The topological polar surface area (TPSA) is 142 Å². The maximum Gasteiger partial charge on any atom is 0.305 e. The lowest BCUT2D eigenvalue weighted by Crippen LogP contribution is -2.28. The van der Waals surface area contributed by atoms with Gasteiger partial charge in [-0.25, -0.2) is 0 Å². The molecule has 33 heavy (non-hydrogen) atoms. The standard InChI is InChI=1S/C22H38N2O9/c1-2-3-4-5-20(25)23-8-12-32-17-19-33-18-15-29-10-6-21(26)24-9-13-31-16-14-30-11-7-22(27)28/h1H,3-19H2,(H,23,25)(H,24,26)(H,27,28). The second kappa shape index (κ2) is 24.4. The number of unbranched alkanes of at least 4 members (excludes halogenated alkanes) is 1. The first kappa shape index (κ1) is 30.8. The number of hydrogen-bond donors (Lipinski definition) is 3. The van der Waals surface area contributed by atoms with Crippen LogP contribution in [0.3, 0.4) is 0 Å². The van der Waals surface area contributed by atoms with E-state index in [-0.39, 0.29) is 31.3 Å². The summed E-state index contributed by atoms with van der Waals surface area (Å²) in [4.78, 5) is 33.4. The molecule has 0 aromatic rings. The molecule has 0 fully saturated rings. The van der Waals surface area contributed by atoms with Crippen LogP contribution in [0.25, 0.3) is 0 Å². The van der Waals surface area contributed by atoms with Gasteiger partial charge in [0.1, 0.15) is 0 Å². The second-order valence-electron chi connectivity index (χ2n) is 6.71. The molecule has 0 aliphatic rings. The van der Waals surface area contributed by atoms with E-state index in [0.29, 0.717) is 91.8 Å². The van der Waals surface area contributed by atoms with Crippen LogP contribution in [-0.2, 0) is 38.1 Å². The Balaban J connectivity index is 3.23. The summed E-state index contributed by atoms with van der Waals surface area (Å²) < 4.78 is 26.4. The number of nitrogens with one attached hydrogen (secondary N) is 2. The average molecular weight is 475 g/mol. The molecule has 0 saturated heterocycles. The van der Waals surface area contributed by atoms with Crippen molar-refractivity contribution in [2.45, 2.75) is 32.1 Å². The van der Waals surface area contributed by atoms with Crippen molar-refractivity contribution in [3.8, 4) is 12.3 Å². The first-order chi connectivity index (χ1) is 16.1. The van der Waals surface area contributed by atoms with Gasteiger partial charge in [0.05, 0.1) is 72.5 Å². The van der Waals surface area contributed by atoms with Crippen LogP contribution in [0.15, 0.2) is 0 Å². The molecule has 11 heteroatoms. The monoisotopic (exact) mass is 474 g/mol. The van der Waals surface area contributed by atoms with Gasteiger partial charge in [-0.3, -0.25) is 14.4 Å². The molecule has 0 bridgehead atoms. The van der Waals surface area contributed by atoms with Gasteiger partial charge in [0, 0.05) is 32.4 Å². The van der Waals surface area contributed by atoms with E-state index in [1.807, 2.05) is 0 Å². The van der Waals surface area contributed by atoms with Gasteiger partial charge in [-0.1, -0.05) is 0 Å². The molecule has 0 heterocycles. The Morgan fingerprint density at radius 3 is 1.55 bits per heavy atom. The number of terminal acetylenes is 1. The van der Waals surface area contributed by atoms with E-state index in [1.54, 1.807) is 0 Å². The summed E-state index contributed by atoms with van der Waals surface area (Å²) in [6.45, 7) is 4.34. The van der Waals surface area contributed by atoms with Crippen LogP contribution >= 0.6 is 0 Å². The maximum atomic E-state index is 11.6. The summed E-state index contributed by atoms with van der Waals surface area (Å²) in [7, 11) is 0. The van der Waals surface area contributed by atoms with Crippen molar-refractivity contribution < 1.29 is 43.2 Å². The number of carboxylic acids is 1. The van der Waals surface area contributed by atoms with Gasteiger partial charge in [-0.05, 0) is 6.42 Å². The molecule has 0 aromatic carbocycles. The zero-order valence-corrected chi connectivity index (χ0v) is 19.3. The molecule has 0 aliphatic heterocycles. The second-order valence-corrected chi connectivity index (χ2v) is 6.71. The zero-order valence-electron chi connectivity index (χ0n) is 19.3. The molecule has 0 spiro atoms. The molecule has 0 aliphatic carbocycles. The fraction of sp³-hybridized carbons (Fsp3) is 0.773. The van der Waals surface area contributed by atoms with Crippen LogP contribution in [-0.4, -0.2) is 102 Å². The van der Waals surface area contributed by atoms with Crippen molar-refractivity contribution in [2.75, 3.05) is 79.2 Å². The lowest BCUT2D eigenvalue weighted by Gasteiger charge is -2.08. The van der Waals surface area contributed by atoms with Crippen LogP contribution in [0.4, 0.5) is 0 Å². The molecule has 11 nitrogen and oxygen atoms in total. The smallest absolute Gasteiger partial charge is 0.305 e. The number of amides is 2. The molecule has 0 atom stereocenters. The predicted octanol–water partition coefficient (Wildman–Crippen LogP) is -0.0299. The number of rotatable bonds is 24. The van der Waals surface area contributed by atoms with E-state index in [0.717, 1.165) is 0 Å². The Morgan fingerprint density at radius 2 is 1.06 bits per heavy atom. The molecule has 0 saturated carbocycles. The maximum absolute atomic E-state index is 11.6. The van der Waals surface area contributed by atoms with E-state index >= 15 is 0 Å². The fourth-order valence-corrected chi connectivity index (χ4v) is 2.24. The highest BCUT2D eigenvalue weighted by Gasteiger charge is 2.02. The first-order valence-electron chi connectivity index (χ1n) is 11.1. The fourth-order valence-electron chi connectivity index (χ4n) is 2.24. The van der Waals surface area contributed by atoms with Crippen LogP contribution in [0.2, 0.25) is 0 Å². The normalized spacial score (nSPS) is 10.5. The summed E-state index contributed by atoms with van der Waals surface area (Å²) >= 11 is 0. The Bertz CT molecular complexity index is 552. The highest BCUT2D eigenvalue weighted by atomic mass is 16.5. The summed E-state index contributed by atoms with van der Waals surface area (Å²) in [5, 5.41) is 13.9. The number of ether oxygens (including phenoxy) is 5. The summed E-state index contributed by atoms with van der Waals surface area (Å²) in [6.07, 6.45) is 7.06. The van der Waals surface area contributed by atoms with Gasteiger partial charge < -0.3 is 39.4 Å². The summed E-state index contributed by atoms with van der Waals surface area (Å²) in [6, 6.07) is 0. The summed E-state index contributed by atoms with van der Waals surface area (Å²) in [5.74, 6) is 1.44. The molecule has 0 unspecified atom stereocenters. The SMILES string of the molecule is C#CCCCC(=O)NCCOCCOCCOCCC(=O)NCCOCCOCCC(=O)O. The average Bonchev–Trinajstić information content (AvgIpc) is 2.78. The molecule has 0 aromatic heterocycles. The minimum Gasteiger partial charge on any atom is -0.481 e. The van der Waals surface area contributed by atoms with Crippen molar-refractivity contribution >= 4 is 17.8 Å². The number of carbonyl (C=O) groups is 3. The third kappa shape index (κ3) is 25.9. The van der Waals surface area contributed by atoms with Gasteiger partial charge in [0.25, 0.3) is 0 Å². The first-order valence-corrected chi connectivity index (χ1v) is 11.1. The molecule has 0 radical (unpaired) electrons. The van der Waals surface area contributed by atoms with Gasteiger partial charge in [-0.2, -0.15) is 0 Å². The number of hydrogen-bond acceptors (Lipinski definition) is 8. The molecule has 0 rings (SSSR count). The van der Waals surface area contributed by atoms with E-state index < -0.39 is 5.97 Å². The molecular formula is C22H38N2O9. The third-order valence-electron chi connectivity index (χ3n) is 3.91. The zero-order chi connectivity index (χ0) is 24.4. The molecule has 190 valence electrons. The quantitative estimate of drug-likeness (QED) is 0.130. The Labute approximate surface area is 195 Å². The van der Waals surface area contributed by atoms with Crippen molar-refractivity contribution in [3.05, 3.63) is 0 Å². The van der Waals surface area contributed by atoms with E-state index in [9.17, 15) is 14.4 Å². The van der Waals surface area contributed by atoms with Gasteiger partial charge in [0.2, 0.25) is 11.8 Å². The minimum atomic E-state index is -0.899. The number of carbonyl (C=O) groups excluding carboxylic acids is 2. The van der Waals surface area contributed by atoms with E-state index in [2.05, 4.69) is 16.6 Å². The van der Waals surface area contributed by atoms with Crippen molar-refractivity contribution in [2.24, 2.45) is 0 Å². The van der Waals surface area contributed by atoms with Crippen molar-refractivity contribution in [1.29, 1.82) is 0 Å². The van der Waals surface area contributed by atoms with Crippen molar-refractivity contribution in [1.82, 2.24) is 10.6 Å². The molecular weight excluding hydrogens is 436 g/mol. The predicted molar refractivity (Wildman–Crippen MR) is 120 cm³/mol. The number of aliphatic carboxylic acids is 1. The number of carboxylic acid groups (broad SMARTS) is 1. The molecule has 2 amide bonds. The Kier molecular flexibility index (Phi) is 22.8. The van der Waals surface area contributed by atoms with Gasteiger partial charge in [-0.15, -0.1) is 12.3 Å².